The van der Waals surface area contributed by atoms with Crippen molar-refractivity contribution < 1.29 is 9.53 Å². The van der Waals surface area contributed by atoms with E-state index in [4.69, 9.17) is 4.74 Å². The Morgan fingerprint density at radius 1 is 1.33 bits per heavy atom. The highest BCUT2D eigenvalue weighted by atomic mass is 28.3. The summed E-state index contributed by atoms with van der Waals surface area (Å²) < 4.78 is 7.57. The minimum absolute atomic E-state index is 0.0244. The van der Waals surface area contributed by atoms with Gasteiger partial charge in [-0.3, -0.25) is 4.79 Å². The summed E-state index contributed by atoms with van der Waals surface area (Å²) in [5.41, 5.74) is 0. The van der Waals surface area contributed by atoms with Gasteiger partial charge in [-0.1, -0.05) is 19.6 Å². The zero-order valence-electron chi connectivity index (χ0n) is 10.4. The highest BCUT2D eigenvalue weighted by Crippen LogP contribution is 2.20. The third-order valence-electron chi connectivity index (χ3n) is 3.23. The number of nitrogens with zero attached hydrogens (tertiary/aromatic N) is 1. The standard InChI is InChI=1S/C11H23NO2Si/c1-12(15(2,3)4)10-6-5-9-14-11(13)8-7-10/h10H,5-9H2,1-4H3. The molecule has 0 radical (unpaired) electrons. The number of hydrogen-bond donors (Lipinski definition) is 0. The first-order chi connectivity index (χ1) is 6.91. The lowest BCUT2D eigenvalue weighted by Crippen LogP contribution is -2.49. The second-order valence-corrected chi connectivity index (χ2v) is 10.4. The largest absolute Gasteiger partial charge is 0.466 e. The molecule has 0 aromatic heterocycles. The van der Waals surface area contributed by atoms with Crippen molar-refractivity contribution in [3.8, 4) is 0 Å². The summed E-state index contributed by atoms with van der Waals surface area (Å²) in [6.45, 7) is 7.66. The maximum atomic E-state index is 11.2. The van der Waals surface area contributed by atoms with E-state index in [0.717, 1.165) is 19.3 Å². The monoisotopic (exact) mass is 229 g/mol. The van der Waals surface area contributed by atoms with Crippen molar-refractivity contribution in [3.63, 3.8) is 0 Å². The summed E-state index contributed by atoms with van der Waals surface area (Å²) in [7, 11) is 0.985. The van der Waals surface area contributed by atoms with Crippen molar-refractivity contribution >= 4 is 14.2 Å². The van der Waals surface area contributed by atoms with Gasteiger partial charge in [0.05, 0.1) is 6.61 Å². The highest BCUT2D eigenvalue weighted by Gasteiger charge is 2.28. The number of cyclic esters (lactones) is 1. The smallest absolute Gasteiger partial charge is 0.305 e. The van der Waals surface area contributed by atoms with E-state index in [9.17, 15) is 4.79 Å². The van der Waals surface area contributed by atoms with Crippen LogP contribution >= 0.6 is 0 Å². The zero-order valence-corrected chi connectivity index (χ0v) is 11.4. The Labute approximate surface area is 93.9 Å². The summed E-state index contributed by atoms with van der Waals surface area (Å²) in [6, 6.07) is 0.574. The van der Waals surface area contributed by atoms with E-state index < -0.39 is 8.24 Å². The highest BCUT2D eigenvalue weighted by molar-refractivity contribution is 6.73. The molecule has 0 saturated carbocycles. The average Bonchev–Trinajstić information content (AvgIpc) is 2.10. The van der Waals surface area contributed by atoms with Crippen LogP contribution in [0.15, 0.2) is 0 Å². The Kier molecular flexibility index (Phi) is 4.34. The molecule has 15 heavy (non-hydrogen) atoms. The molecule has 1 unspecified atom stereocenters. The van der Waals surface area contributed by atoms with E-state index in [2.05, 4.69) is 31.3 Å². The molecular weight excluding hydrogens is 206 g/mol. The molecule has 1 aliphatic rings. The van der Waals surface area contributed by atoms with Gasteiger partial charge in [0.25, 0.3) is 0 Å². The average molecular weight is 229 g/mol. The van der Waals surface area contributed by atoms with Gasteiger partial charge in [-0.05, 0) is 26.3 Å². The Morgan fingerprint density at radius 3 is 2.60 bits per heavy atom. The molecule has 3 nitrogen and oxygen atoms in total. The van der Waals surface area contributed by atoms with Crippen molar-refractivity contribution in [1.29, 1.82) is 0 Å². The van der Waals surface area contributed by atoms with Crippen molar-refractivity contribution in [2.24, 2.45) is 0 Å². The minimum Gasteiger partial charge on any atom is -0.466 e. The van der Waals surface area contributed by atoms with E-state index in [-0.39, 0.29) is 5.97 Å². The normalized spacial score (nSPS) is 24.6. The maximum Gasteiger partial charge on any atom is 0.305 e. The molecule has 1 rings (SSSR count). The second-order valence-electron chi connectivity index (χ2n) is 5.34. The molecule has 1 atom stereocenters. The molecule has 0 amide bonds. The van der Waals surface area contributed by atoms with E-state index >= 15 is 0 Å². The van der Waals surface area contributed by atoms with Gasteiger partial charge in [0.2, 0.25) is 0 Å². The Bertz CT molecular complexity index is 225. The molecule has 0 spiro atoms. The van der Waals surface area contributed by atoms with Crippen molar-refractivity contribution in [1.82, 2.24) is 4.57 Å². The molecule has 1 fully saturated rings. The number of carbonyl (C=O) groups excluding carboxylic acids is 1. The van der Waals surface area contributed by atoms with Gasteiger partial charge in [0.15, 0.2) is 0 Å². The molecule has 0 aliphatic carbocycles. The number of ether oxygens (including phenoxy) is 1. The summed E-state index contributed by atoms with van der Waals surface area (Å²) in [6.07, 6.45) is 3.71. The van der Waals surface area contributed by atoms with Gasteiger partial charge in [-0.15, -0.1) is 0 Å². The van der Waals surface area contributed by atoms with Crippen LogP contribution in [0.4, 0.5) is 0 Å². The number of rotatable bonds is 2. The van der Waals surface area contributed by atoms with Crippen LogP contribution in [0.5, 0.6) is 0 Å². The molecule has 4 heteroatoms. The lowest BCUT2D eigenvalue weighted by molar-refractivity contribution is -0.145. The van der Waals surface area contributed by atoms with Crippen LogP contribution in [0, 0.1) is 0 Å². The van der Waals surface area contributed by atoms with Gasteiger partial charge in [0, 0.05) is 12.5 Å². The Balaban J connectivity index is 2.55. The maximum absolute atomic E-state index is 11.2. The van der Waals surface area contributed by atoms with Crippen LogP contribution in [-0.2, 0) is 9.53 Å². The van der Waals surface area contributed by atoms with Crippen LogP contribution in [-0.4, -0.2) is 38.5 Å². The van der Waals surface area contributed by atoms with Gasteiger partial charge in [-0.25, -0.2) is 0 Å². The van der Waals surface area contributed by atoms with Gasteiger partial charge in [0.1, 0.15) is 8.24 Å². The van der Waals surface area contributed by atoms with Crippen molar-refractivity contribution in [2.75, 3.05) is 13.7 Å². The molecule has 88 valence electrons. The molecule has 0 bridgehead atoms. The van der Waals surface area contributed by atoms with Crippen LogP contribution < -0.4 is 0 Å². The molecule has 1 saturated heterocycles. The first-order valence-electron chi connectivity index (χ1n) is 5.80. The molecule has 0 N–H and O–H groups in total. The summed E-state index contributed by atoms with van der Waals surface area (Å²) in [5.74, 6) is -0.0244. The first kappa shape index (κ1) is 12.7. The number of esters is 1. The van der Waals surface area contributed by atoms with Crippen LogP contribution in [0.3, 0.4) is 0 Å². The lowest BCUT2D eigenvalue weighted by Gasteiger charge is -2.38. The first-order valence-corrected chi connectivity index (χ1v) is 9.24. The van der Waals surface area contributed by atoms with Gasteiger partial charge >= 0.3 is 5.97 Å². The Morgan fingerprint density at radius 2 is 2.00 bits per heavy atom. The SMILES string of the molecule is CN(C1CCCOC(=O)CC1)[Si](C)(C)C. The number of hydrogen-bond acceptors (Lipinski definition) is 3. The fraction of sp³-hybridized carbons (Fsp3) is 0.909. The quantitative estimate of drug-likeness (QED) is 0.537. The second kappa shape index (κ2) is 5.12. The Hall–Kier alpha value is -0.353. The predicted molar refractivity (Wildman–Crippen MR) is 64.3 cm³/mol. The lowest BCUT2D eigenvalue weighted by atomic mass is 10.1. The van der Waals surface area contributed by atoms with Crippen LogP contribution in [0.2, 0.25) is 19.6 Å². The molecule has 1 aliphatic heterocycles. The van der Waals surface area contributed by atoms with E-state index in [0.29, 0.717) is 19.1 Å². The van der Waals surface area contributed by atoms with E-state index in [1.54, 1.807) is 0 Å². The number of carbonyl (C=O) groups is 1. The predicted octanol–water partition coefficient (Wildman–Crippen LogP) is 2.24. The third kappa shape index (κ3) is 3.95. The molecule has 0 aromatic rings. The summed E-state index contributed by atoms with van der Waals surface area (Å²) in [5, 5.41) is 0. The fourth-order valence-corrected chi connectivity index (χ4v) is 3.29. The summed E-state index contributed by atoms with van der Waals surface area (Å²) in [4.78, 5) is 11.2. The van der Waals surface area contributed by atoms with E-state index in [1.807, 2.05) is 0 Å². The molecule has 0 aromatic carbocycles. The summed E-state index contributed by atoms with van der Waals surface area (Å²) >= 11 is 0. The third-order valence-corrected chi connectivity index (χ3v) is 5.71. The fourth-order valence-electron chi connectivity index (χ4n) is 1.94. The van der Waals surface area contributed by atoms with Gasteiger partial charge < -0.3 is 9.30 Å². The van der Waals surface area contributed by atoms with Crippen LogP contribution in [0.25, 0.3) is 0 Å². The van der Waals surface area contributed by atoms with Crippen molar-refractivity contribution in [2.45, 2.75) is 51.4 Å². The molecular formula is C11H23NO2Si. The van der Waals surface area contributed by atoms with Crippen molar-refractivity contribution in [3.05, 3.63) is 0 Å². The minimum atomic E-state index is -1.23. The molecule has 1 heterocycles. The van der Waals surface area contributed by atoms with Gasteiger partial charge in [-0.2, -0.15) is 0 Å². The topological polar surface area (TPSA) is 29.5 Å². The zero-order chi connectivity index (χ0) is 11.5. The van der Waals surface area contributed by atoms with E-state index in [1.165, 1.54) is 0 Å². The van der Waals surface area contributed by atoms with Crippen LogP contribution in [0.1, 0.15) is 25.7 Å².